The summed E-state index contributed by atoms with van der Waals surface area (Å²) in [6.45, 7) is 1.83. The summed E-state index contributed by atoms with van der Waals surface area (Å²) in [5.74, 6) is 0.961. The van der Waals surface area contributed by atoms with Crippen LogP contribution in [-0.2, 0) is 11.2 Å². The van der Waals surface area contributed by atoms with Gasteiger partial charge in [0.1, 0.15) is 0 Å². The van der Waals surface area contributed by atoms with Gasteiger partial charge in [-0.2, -0.15) is 0 Å². The third-order valence-electron chi connectivity index (χ3n) is 5.07. The van der Waals surface area contributed by atoms with E-state index in [1.807, 2.05) is 6.07 Å². The van der Waals surface area contributed by atoms with Crippen molar-refractivity contribution in [2.45, 2.75) is 44.4 Å². The van der Waals surface area contributed by atoms with E-state index in [-0.39, 0.29) is 0 Å². The highest BCUT2D eigenvalue weighted by molar-refractivity contribution is 5.76. The Morgan fingerprint density at radius 2 is 1.50 bits per heavy atom. The summed E-state index contributed by atoms with van der Waals surface area (Å²) in [6.07, 6.45) is 6.05. The summed E-state index contributed by atoms with van der Waals surface area (Å²) in [5, 5.41) is 0. The van der Waals surface area contributed by atoms with Gasteiger partial charge in [-0.3, -0.25) is 4.79 Å². The lowest BCUT2D eigenvalue weighted by Crippen LogP contribution is -2.37. The van der Waals surface area contributed by atoms with Gasteiger partial charge in [0, 0.05) is 19.5 Å². The predicted octanol–water partition coefficient (Wildman–Crippen LogP) is 4.81. The quantitative estimate of drug-likeness (QED) is 0.699. The molecule has 0 aromatic heterocycles. The summed E-state index contributed by atoms with van der Waals surface area (Å²) < 4.78 is 0. The van der Waals surface area contributed by atoms with E-state index in [0.717, 1.165) is 45.2 Å². The summed E-state index contributed by atoms with van der Waals surface area (Å²) in [4.78, 5) is 14.4. The van der Waals surface area contributed by atoms with E-state index < -0.39 is 0 Å². The molecule has 3 rings (SSSR count). The molecule has 126 valence electrons. The van der Waals surface area contributed by atoms with Crippen molar-refractivity contribution in [3.8, 4) is 0 Å². The Balaban J connectivity index is 1.36. The maximum absolute atomic E-state index is 12.4. The molecule has 2 aromatic carbocycles. The van der Waals surface area contributed by atoms with Crippen LogP contribution in [0.5, 0.6) is 0 Å². The van der Waals surface area contributed by atoms with Gasteiger partial charge in [-0.1, -0.05) is 60.7 Å². The van der Waals surface area contributed by atoms with Gasteiger partial charge >= 0.3 is 0 Å². The van der Waals surface area contributed by atoms with Gasteiger partial charge in [0.25, 0.3) is 0 Å². The number of unbranched alkanes of at least 4 members (excludes halogenated alkanes) is 1. The zero-order valence-electron chi connectivity index (χ0n) is 14.4. The minimum absolute atomic E-state index is 0.342. The first-order chi connectivity index (χ1) is 11.8. The van der Waals surface area contributed by atoms with E-state index in [4.69, 9.17) is 0 Å². The average Bonchev–Trinajstić information content (AvgIpc) is 2.67. The smallest absolute Gasteiger partial charge is 0.222 e. The second-order valence-corrected chi connectivity index (χ2v) is 6.76. The molecule has 2 aromatic rings. The molecule has 1 fully saturated rings. The Morgan fingerprint density at radius 3 is 2.17 bits per heavy atom. The number of amides is 1. The second-order valence-electron chi connectivity index (χ2n) is 6.76. The van der Waals surface area contributed by atoms with E-state index in [0.29, 0.717) is 18.2 Å². The first-order valence-corrected chi connectivity index (χ1v) is 9.19. The van der Waals surface area contributed by atoms with Crippen LogP contribution in [0, 0.1) is 0 Å². The maximum atomic E-state index is 12.4. The van der Waals surface area contributed by atoms with Crippen molar-refractivity contribution in [2.75, 3.05) is 13.1 Å². The molecule has 1 saturated heterocycles. The van der Waals surface area contributed by atoms with Crippen LogP contribution in [-0.4, -0.2) is 23.9 Å². The van der Waals surface area contributed by atoms with Crippen LogP contribution in [0.15, 0.2) is 60.7 Å². The fraction of sp³-hybridized carbons (Fsp3) is 0.409. The largest absolute Gasteiger partial charge is 0.343 e. The lowest BCUT2D eigenvalue weighted by molar-refractivity contribution is -0.132. The number of piperidine rings is 1. The zero-order valence-corrected chi connectivity index (χ0v) is 14.4. The highest BCUT2D eigenvalue weighted by atomic mass is 16.2. The number of likely N-dealkylation sites (tertiary alicyclic amines) is 1. The number of hydrogen-bond acceptors (Lipinski definition) is 1. The normalized spacial score (nSPS) is 15.4. The number of hydrogen-bond donors (Lipinski definition) is 0. The zero-order chi connectivity index (χ0) is 16.6. The van der Waals surface area contributed by atoms with Crippen LogP contribution < -0.4 is 0 Å². The number of rotatable bonds is 6. The van der Waals surface area contributed by atoms with Crippen LogP contribution >= 0.6 is 0 Å². The van der Waals surface area contributed by atoms with Gasteiger partial charge in [-0.25, -0.2) is 0 Å². The van der Waals surface area contributed by atoms with E-state index >= 15 is 0 Å². The molecule has 0 saturated carbocycles. The molecule has 1 aliphatic heterocycles. The highest BCUT2D eigenvalue weighted by Gasteiger charge is 2.23. The van der Waals surface area contributed by atoms with Gasteiger partial charge < -0.3 is 4.90 Å². The molecular formula is C22H27NO. The molecule has 0 N–H and O–H groups in total. The predicted molar refractivity (Wildman–Crippen MR) is 99.0 cm³/mol. The molecule has 0 bridgehead atoms. The molecule has 24 heavy (non-hydrogen) atoms. The van der Waals surface area contributed by atoms with Gasteiger partial charge in [0.05, 0.1) is 0 Å². The molecule has 0 unspecified atom stereocenters. The molecule has 0 aliphatic carbocycles. The van der Waals surface area contributed by atoms with Crippen LogP contribution in [0.25, 0.3) is 0 Å². The Hall–Kier alpha value is -2.09. The second kappa shape index (κ2) is 8.68. The van der Waals surface area contributed by atoms with Crippen molar-refractivity contribution >= 4 is 5.91 Å². The Labute approximate surface area is 145 Å². The molecule has 0 spiro atoms. The van der Waals surface area contributed by atoms with Gasteiger partial charge in [0.2, 0.25) is 5.91 Å². The molecule has 0 atom stereocenters. The van der Waals surface area contributed by atoms with Crippen LogP contribution in [0.2, 0.25) is 0 Å². The first-order valence-electron chi connectivity index (χ1n) is 9.19. The minimum atomic E-state index is 0.342. The van der Waals surface area contributed by atoms with E-state index in [1.54, 1.807) is 0 Å². The molecule has 1 aliphatic rings. The van der Waals surface area contributed by atoms with Crippen molar-refractivity contribution in [2.24, 2.45) is 0 Å². The third-order valence-corrected chi connectivity index (χ3v) is 5.07. The summed E-state index contributed by atoms with van der Waals surface area (Å²) in [5.41, 5.74) is 2.79. The number of aryl methyl sites for hydroxylation is 1. The Morgan fingerprint density at radius 1 is 0.875 bits per heavy atom. The number of carbonyl (C=O) groups is 1. The molecular weight excluding hydrogens is 294 g/mol. The summed E-state index contributed by atoms with van der Waals surface area (Å²) >= 11 is 0. The number of carbonyl (C=O) groups excluding carboxylic acids is 1. The molecule has 2 nitrogen and oxygen atoms in total. The lowest BCUT2D eigenvalue weighted by atomic mass is 9.89. The van der Waals surface area contributed by atoms with Crippen LogP contribution in [0.4, 0.5) is 0 Å². The van der Waals surface area contributed by atoms with E-state index in [1.165, 1.54) is 11.1 Å². The Kier molecular flexibility index (Phi) is 6.06. The monoisotopic (exact) mass is 321 g/mol. The summed E-state index contributed by atoms with van der Waals surface area (Å²) in [6, 6.07) is 21.3. The molecule has 1 heterocycles. The fourth-order valence-electron chi connectivity index (χ4n) is 3.60. The van der Waals surface area contributed by atoms with Crippen LogP contribution in [0.3, 0.4) is 0 Å². The van der Waals surface area contributed by atoms with Gasteiger partial charge in [-0.05, 0) is 49.1 Å². The minimum Gasteiger partial charge on any atom is -0.343 e. The molecule has 1 amide bonds. The van der Waals surface area contributed by atoms with E-state index in [2.05, 4.69) is 59.5 Å². The molecule has 0 radical (unpaired) electrons. The molecule has 2 heteroatoms. The standard InChI is InChI=1S/C22H27NO/c24-22(14-8-7-11-19-9-3-1-4-10-19)23-17-15-21(16-18-23)20-12-5-2-6-13-20/h1-6,9-10,12-13,21H,7-8,11,14-18H2. The van der Waals surface area contributed by atoms with Gasteiger partial charge in [0.15, 0.2) is 0 Å². The lowest BCUT2D eigenvalue weighted by Gasteiger charge is -2.32. The van der Waals surface area contributed by atoms with Crippen molar-refractivity contribution in [3.63, 3.8) is 0 Å². The third kappa shape index (κ3) is 4.70. The topological polar surface area (TPSA) is 20.3 Å². The van der Waals surface area contributed by atoms with Crippen LogP contribution in [0.1, 0.15) is 49.1 Å². The van der Waals surface area contributed by atoms with Crippen molar-refractivity contribution in [1.29, 1.82) is 0 Å². The first kappa shape index (κ1) is 16.8. The number of nitrogens with zero attached hydrogens (tertiary/aromatic N) is 1. The van der Waals surface area contributed by atoms with E-state index in [9.17, 15) is 4.79 Å². The Bertz CT molecular complexity index is 615. The van der Waals surface area contributed by atoms with Gasteiger partial charge in [-0.15, -0.1) is 0 Å². The van der Waals surface area contributed by atoms with Crippen molar-refractivity contribution < 1.29 is 4.79 Å². The fourth-order valence-corrected chi connectivity index (χ4v) is 3.60. The summed E-state index contributed by atoms with van der Waals surface area (Å²) in [7, 11) is 0. The average molecular weight is 321 g/mol. The maximum Gasteiger partial charge on any atom is 0.222 e. The number of benzene rings is 2. The van der Waals surface area contributed by atoms with Crippen molar-refractivity contribution in [3.05, 3.63) is 71.8 Å². The highest BCUT2D eigenvalue weighted by Crippen LogP contribution is 2.28. The SMILES string of the molecule is O=C(CCCCc1ccccc1)N1CCC(c2ccccc2)CC1. The van der Waals surface area contributed by atoms with Crippen molar-refractivity contribution in [1.82, 2.24) is 4.90 Å².